The molecule has 1 aromatic rings. The lowest BCUT2D eigenvalue weighted by molar-refractivity contribution is 0.407. The van der Waals surface area contributed by atoms with Gasteiger partial charge in [-0.05, 0) is 33.5 Å². The molecule has 0 aromatic heterocycles. The normalized spacial score (nSPS) is 12.7. The maximum absolute atomic E-state index is 13.2. The number of hydrogen-bond acceptors (Lipinski definition) is 3. The summed E-state index contributed by atoms with van der Waals surface area (Å²) in [4.78, 5) is -0.125. The highest BCUT2D eigenvalue weighted by Crippen LogP contribution is 2.26. The lowest BCUT2D eigenvalue weighted by Gasteiger charge is -2.19. The second-order valence-corrected chi connectivity index (χ2v) is 7.78. The van der Waals surface area contributed by atoms with Crippen LogP contribution < -0.4 is 10.5 Å². The summed E-state index contributed by atoms with van der Waals surface area (Å²) in [7, 11) is -3.74. The molecular formula is C11H16BrFN2O2S. The molecule has 1 rings (SSSR count). The Bertz CT molecular complexity index is 553. The van der Waals surface area contributed by atoms with Crippen molar-refractivity contribution in [2.75, 3.05) is 12.3 Å². The second-order valence-electron chi connectivity index (χ2n) is 5.19. The van der Waals surface area contributed by atoms with Crippen LogP contribution in [-0.2, 0) is 10.0 Å². The van der Waals surface area contributed by atoms with E-state index in [9.17, 15) is 12.8 Å². The predicted octanol–water partition coefficient (Wildman–Crippen LogP) is 2.49. The molecule has 7 heteroatoms. The molecule has 0 amide bonds. The monoisotopic (exact) mass is 338 g/mol. The third-order valence-electron chi connectivity index (χ3n) is 2.13. The van der Waals surface area contributed by atoms with Gasteiger partial charge in [0.05, 0.1) is 10.2 Å². The molecule has 0 bridgehead atoms. The summed E-state index contributed by atoms with van der Waals surface area (Å²) in [5.74, 6) is -0.595. The van der Waals surface area contributed by atoms with E-state index in [1.165, 1.54) is 0 Å². The molecule has 0 spiro atoms. The van der Waals surface area contributed by atoms with Crippen LogP contribution in [0.4, 0.5) is 10.1 Å². The van der Waals surface area contributed by atoms with Crippen LogP contribution in [0.2, 0.25) is 0 Å². The maximum atomic E-state index is 13.2. The lowest BCUT2D eigenvalue weighted by Crippen LogP contribution is -2.32. The van der Waals surface area contributed by atoms with E-state index in [0.717, 1.165) is 12.1 Å². The highest BCUT2D eigenvalue weighted by Gasteiger charge is 2.22. The molecule has 0 fully saturated rings. The minimum atomic E-state index is -3.74. The number of halogens is 2. The first-order chi connectivity index (χ1) is 8.03. The van der Waals surface area contributed by atoms with Crippen molar-refractivity contribution in [1.82, 2.24) is 4.72 Å². The SMILES string of the molecule is CC(C)(C)CNS(=O)(=O)c1cc(Br)c(F)cc1N. The van der Waals surface area contributed by atoms with Crippen LogP contribution in [0.3, 0.4) is 0 Å². The molecule has 0 saturated heterocycles. The van der Waals surface area contributed by atoms with Crippen molar-refractivity contribution in [3.05, 3.63) is 22.4 Å². The van der Waals surface area contributed by atoms with Crippen LogP contribution in [-0.4, -0.2) is 15.0 Å². The Kier molecular flexibility index (Phi) is 4.40. The van der Waals surface area contributed by atoms with Gasteiger partial charge in [0, 0.05) is 6.54 Å². The largest absolute Gasteiger partial charge is 0.398 e. The van der Waals surface area contributed by atoms with Crippen LogP contribution in [0.15, 0.2) is 21.5 Å². The Hall–Kier alpha value is -0.660. The number of rotatable bonds is 3. The Morgan fingerprint density at radius 1 is 1.39 bits per heavy atom. The van der Waals surface area contributed by atoms with Gasteiger partial charge in [-0.15, -0.1) is 0 Å². The zero-order valence-corrected chi connectivity index (χ0v) is 12.8. The van der Waals surface area contributed by atoms with Gasteiger partial charge in [-0.2, -0.15) is 0 Å². The third-order valence-corrected chi connectivity index (χ3v) is 4.20. The summed E-state index contributed by atoms with van der Waals surface area (Å²) in [6, 6.07) is 2.14. The van der Waals surface area contributed by atoms with Gasteiger partial charge in [-0.25, -0.2) is 17.5 Å². The Morgan fingerprint density at radius 2 is 1.94 bits per heavy atom. The van der Waals surface area contributed by atoms with E-state index >= 15 is 0 Å². The molecule has 0 atom stereocenters. The Labute approximate surface area is 115 Å². The molecule has 4 nitrogen and oxygen atoms in total. The van der Waals surface area contributed by atoms with Gasteiger partial charge in [0.1, 0.15) is 10.7 Å². The number of nitrogen functional groups attached to an aromatic ring is 1. The van der Waals surface area contributed by atoms with Crippen LogP contribution >= 0.6 is 15.9 Å². The van der Waals surface area contributed by atoms with E-state index in [0.29, 0.717) is 0 Å². The molecular weight excluding hydrogens is 323 g/mol. The van der Waals surface area contributed by atoms with Crippen molar-refractivity contribution >= 4 is 31.6 Å². The average Bonchev–Trinajstić information content (AvgIpc) is 2.19. The molecule has 0 heterocycles. The van der Waals surface area contributed by atoms with E-state index in [4.69, 9.17) is 5.73 Å². The second kappa shape index (κ2) is 5.14. The summed E-state index contributed by atoms with van der Waals surface area (Å²) in [5.41, 5.74) is 5.23. The van der Waals surface area contributed by atoms with Gasteiger partial charge in [-0.1, -0.05) is 20.8 Å². The standard InChI is InChI=1S/C11H16BrFN2O2S/c1-11(2,3)6-15-18(16,17)10-4-7(12)8(13)5-9(10)14/h4-5,15H,6,14H2,1-3H3. The summed E-state index contributed by atoms with van der Waals surface area (Å²) in [6.07, 6.45) is 0. The van der Waals surface area contributed by atoms with Crippen molar-refractivity contribution in [3.63, 3.8) is 0 Å². The molecule has 0 aliphatic carbocycles. The first-order valence-corrected chi connectivity index (χ1v) is 7.55. The summed E-state index contributed by atoms with van der Waals surface area (Å²) in [5, 5.41) is 0. The van der Waals surface area contributed by atoms with Crippen molar-refractivity contribution in [2.24, 2.45) is 5.41 Å². The van der Waals surface area contributed by atoms with Gasteiger partial charge in [0.15, 0.2) is 0 Å². The first-order valence-electron chi connectivity index (χ1n) is 5.27. The molecule has 0 aliphatic rings. The van der Waals surface area contributed by atoms with Gasteiger partial charge in [0.2, 0.25) is 10.0 Å². The Morgan fingerprint density at radius 3 is 2.44 bits per heavy atom. The predicted molar refractivity (Wildman–Crippen MR) is 73.2 cm³/mol. The van der Waals surface area contributed by atoms with Crippen molar-refractivity contribution in [1.29, 1.82) is 0 Å². The fourth-order valence-electron chi connectivity index (χ4n) is 1.17. The van der Waals surface area contributed by atoms with Gasteiger partial charge in [0.25, 0.3) is 0 Å². The fourth-order valence-corrected chi connectivity index (χ4v) is 3.08. The van der Waals surface area contributed by atoms with Crippen molar-refractivity contribution in [3.8, 4) is 0 Å². The maximum Gasteiger partial charge on any atom is 0.242 e. The van der Waals surface area contributed by atoms with E-state index in [1.54, 1.807) is 0 Å². The van der Waals surface area contributed by atoms with Crippen LogP contribution in [0.1, 0.15) is 20.8 Å². The molecule has 102 valence electrons. The zero-order valence-electron chi connectivity index (χ0n) is 10.4. The van der Waals surface area contributed by atoms with E-state index in [-0.39, 0.29) is 27.0 Å². The summed E-state index contributed by atoms with van der Waals surface area (Å²) in [6.45, 7) is 5.97. The smallest absolute Gasteiger partial charge is 0.242 e. The molecule has 0 saturated carbocycles. The highest BCUT2D eigenvalue weighted by atomic mass is 79.9. The third kappa shape index (κ3) is 3.93. The van der Waals surface area contributed by atoms with Crippen LogP contribution in [0, 0.1) is 11.2 Å². The number of hydrogen-bond donors (Lipinski definition) is 2. The minimum Gasteiger partial charge on any atom is -0.398 e. The molecule has 18 heavy (non-hydrogen) atoms. The van der Waals surface area contributed by atoms with E-state index in [1.807, 2.05) is 20.8 Å². The number of sulfonamides is 1. The molecule has 1 aromatic carbocycles. The summed E-state index contributed by atoms with van der Waals surface area (Å²) < 4.78 is 39.8. The highest BCUT2D eigenvalue weighted by molar-refractivity contribution is 9.10. The number of benzene rings is 1. The molecule has 0 radical (unpaired) electrons. The number of nitrogens with one attached hydrogen (secondary N) is 1. The topological polar surface area (TPSA) is 72.2 Å². The van der Waals surface area contributed by atoms with Gasteiger partial charge < -0.3 is 5.73 Å². The van der Waals surface area contributed by atoms with Crippen LogP contribution in [0.25, 0.3) is 0 Å². The first kappa shape index (κ1) is 15.4. The quantitative estimate of drug-likeness (QED) is 0.831. The van der Waals surface area contributed by atoms with Crippen molar-refractivity contribution < 1.29 is 12.8 Å². The van der Waals surface area contributed by atoms with Gasteiger partial charge in [-0.3, -0.25) is 0 Å². The van der Waals surface area contributed by atoms with Crippen molar-refractivity contribution in [2.45, 2.75) is 25.7 Å². The molecule has 0 aliphatic heterocycles. The molecule has 0 unspecified atom stereocenters. The Balaban J connectivity index is 3.10. The van der Waals surface area contributed by atoms with E-state index < -0.39 is 15.8 Å². The number of anilines is 1. The van der Waals surface area contributed by atoms with E-state index in [2.05, 4.69) is 20.7 Å². The fraction of sp³-hybridized carbons (Fsp3) is 0.455. The average molecular weight is 339 g/mol. The molecule has 3 N–H and O–H groups in total. The minimum absolute atomic E-state index is 0.0628. The lowest BCUT2D eigenvalue weighted by atomic mass is 9.98. The van der Waals surface area contributed by atoms with Gasteiger partial charge >= 0.3 is 0 Å². The number of nitrogens with two attached hydrogens (primary N) is 1. The van der Waals surface area contributed by atoms with Crippen LogP contribution in [0.5, 0.6) is 0 Å². The zero-order chi connectivity index (χ0) is 14.1. The summed E-state index contributed by atoms with van der Waals surface area (Å²) >= 11 is 2.94.